The zero-order chi connectivity index (χ0) is 20.2. The predicted molar refractivity (Wildman–Crippen MR) is 116 cm³/mol. The van der Waals surface area contributed by atoms with Crippen molar-refractivity contribution < 1.29 is 4.79 Å². The largest absolute Gasteiger partial charge is 0.329 e. The van der Waals surface area contributed by atoms with Crippen molar-refractivity contribution in [3.8, 4) is 11.3 Å². The highest BCUT2D eigenvalue weighted by molar-refractivity contribution is 5.78. The van der Waals surface area contributed by atoms with Crippen molar-refractivity contribution in [3.05, 3.63) is 78.8 Å². The molecule has 1 amide bonds. The molecule has 0 N–H and O–H groups in total. The average molecular weight is 389 g/mol. The molecule has 1 aromatic heterocycles. The van der Waals surface area contributed by atoms with E-state index in [9.17, 15) is 4.79 Å². The summed E-state index contributed by atoms with van der Waals surface area (Å²) in [7, 11) is 1.91. The molecule has 5 heteroatoms. The van der Waals surface area contributed by atoms with Gasteiger partial charge in [0.2, 0.25) is 0 Å². The van der Waals surface area contributed by atoms with Gasteiger partial charge in [0.15, 0.2) is 0 Å². The monoisotopic (exact) mass is 388 g/mol. The minimum atomic E-state index is -0.0192. The summed E-state index contributed by atoms with van der Waals surface area (Å²) in [6, 6.07) is 21.2. The van der Waals surface area contributed by atoms with Gasteiger partial charge in [0.1, 0.15) is 6.33 Å². The molecule has 1 saturated heterocycles. The van der Waals surface area contributed by atoms with E-state index in [-0.39, 0.29) is 12.1 Å². The van der Waals surface area contributed by atoms with Crippen molar-refractivity contribution in [2.24, 2.45) is 0 Å². The van der Waals surface area contributed by atoms with Gasteiger partial charge < -0.3 is 4.90 Å². The van der Waals surface area contributed by atoms with Crippen LogP contribution in [0.3, 0.4) is 0 Å². The number of nitrogens with zero attached hydrogens (tertiary/aromatic N) is 4. The first-order valence-electron chi connectivity index (χ1n) is 10.3. The standard InChI is InChI=1S/C24H28N4O/c1-19(20-9-5-3-6-10-20)27-15-13-22(14-16-27)26(2)24(29)28-17-23(25-18-28)21-11-7-4-8-12-21/h3-12,17-19,22H,13-16H2,1-2H3. The molecule has 0 spiro atoms. The van der Waals surface area contributed by atoms with Gasteiger partial charge in [-0.05, 0) is 25.3 Å². The molecule has 1 fully saturated rings. The SMILES string of the molecule is CC(c1ccccc1)N1CCC(N(C)C(=O)n2cnc(-c3ccccc3)c2)CC1. The third-order valence-electron chi connectivity index (χ3n) is 6.05. The number of rotatable bonds is 4. The molecule has 29 heavy (non-hydrogen) atoms. The lowest BCUT2D eigenvalue weighted by Crippen LogP contribution is -2.47. The second-order valence-corrected chi connectivity index (χ2v) is 7.78. The fraction of sp³-hybridized carbons (Fsp3) is 0.333. The van der Waals surface area contributed by atoms with Crippen LogP contribution in [0.4, 0.5) is 4.79 Å². The number of aromatic nitrogens is 2. The van der Waals surface area contributed by atoms with E-state index >= 15 is 0 Å². The Balaban J connectivity index is 1.36. The number of hydrogen-bond acceptors (Lipinski definition) is 3. The van der Waals surface area contributed by atoms with Crippen LogP contribution in [0.5, 0.6) is 0 Å². The van der Waals surface area contributed by atoms with E-state index < -0.39 is 0 Å². The van der Waals surface area contributed by atoms with Crippen LogP contribution in [0.25, 0.3) is 11.3 Å². The summed E-state index contributed by atoms with van der Waals surface area (Å²) in [5.41, 5.74) is 3.19. The number of benzene rings is 2. The Kier molecular flexibility index (Phi) is 5.76. The Labute approximate surface area is 172 Å². The fourth-order valence-corrected chi connectivity index (χ4v) is 4.13. The molecular formula is C24H28N4O. The van der Waals surface area contributed by atoms with E-state index in [1.807, 2.05) is 48.5 Å². The van der Waals surface area contributed by atoms with Gasteiger partial charge in [0.05, 0.1) is 5.69 Å². The fourth-order valence-electron chi connectivity index (χ4n) is 4.13. The van der Waals surface area contributed by atoms with E-state index in [2.05, 4.69) is 47.1 Å². The summed E-state index contributed by atoms with van der Waals surface area (Å²) in [6.07, 6.45) is 5.41. The number of amides is 1. The molecule has 0 aliphatic carbocycles. The summed E-state index contributed by atoms with van der Waals surface area (Å²) in [5, 5.41) is 0. The summed E-state index contributed by atoms with van der Waals surface area (Å²) >= 11 is 0. The van der Waals surface area contributed by atoms with Gasteiger partial charge in [-0.2, -0.15) is 0 Å². The summed E-state index contributed by atoms with van der Waals surface area (Å²) in [4.78, 5) is 21.8. The number of hydrogen-bond donors (Lipinski definition) is 0. The maximum Gasteiger partial charge on any atom is 0.329 e. The van der Waals surface area contributed by atoms with Crippen molar-refractivity contribution in [3.63, 3.8) is 0 Å². The van der Waals surface area contributed by atoms with Crippen molar-refractivity contribution >= 4 is 6.03 Å². The number of carbonyl (C=O) groups is 1. The van der Waals surface area contributed by atoms with Crippen LogP contribution in [0, 0.1) is 0 Å². The average Bonchev–Trinajstić information content (AvgIpc) is 3.29. The maximum absolute atomic E-state index is 13.0. The van der Waals surface area contributed by atoms with Gasteiger partial charge in [-0.25, -0.2) is 9.78 Å². The third kappa shape index (κ3) is 4.25. The highest BCUT2D eigenvalue weighted by Crippen LogP contribution is 2.26. The van der Waals surface area contributed by atoms with E-state index in [1.165, 1.54) is 5.56 Å². The van der Waals surface area contributed by atoms with Crippen LogP contribution in [0.15, 0.2) is 73.2 Å². The van der Waals surface area contributed by atoms with Crippen molar-refractivity contribution in [1.82, 2.24) is 19.4 Å². The quantitative estimate of drug-likeness (QED) is 0.652. The van der Waals surface area contributed by atoms with Crippen molar-refractivity contribution in [2.45, 2.75) is 31.8 Å². The topological polar surface area (TPSA) is 41.4 Å². The molecule has 0 radical (unpaired) electrons. The number of likely N-dealkylation sites (tertiary alicyclic amines) is 1. The van der Waals surface area contributed by atoms with Crippen LogP contribution in [0.2, 0.25) is 0 Å². The highest BCUT2D eigenvalue weighted by Gasteiger charge is 2.28. The summed E-state index contributed by atoms with van der Waals surface area (Å²) in [5.74, 6) is 0. The Hall–Kier alpha value is -2.92. The predicted octanol–water partition coefficient (Wildman–Crippen LogP) is 4.68. The normalized spacial score (nSPS) is 16.5. The third-order valence-corrected chi connectivity index (χ3v) is 6.05. The first kappa shape index (κ1) is 19.4. The lowest BCUT2D eigenvalue weighted by molar-refractivity contribution is 0.112. The number of piperidine rings is 1. The van der Waals surface area contributed by atoms with Crippen molar-refractivity contribution in [1.29, 1.82) is 0 Å². The van der Waals surface area contributed by atoms with Crippen molar-refractivity contribution in [2.75, 3.05) is 20.1 Å². The molecule has 0 bridgehead atoms. The van der Waals surface area contributed by atoms with Crippen LogP contribution in [0.1, 0.15) is 31.4 Å². The first-order valence-corrected chi connectivity index (χ1v) is 10.3. The maximum atomic E-state index is 13.0. The molecule has 0 saturated carbocycles. The van der Waals surface area contributed by atoms with Gasteiger partial charge in [0, 0.05) is 44.0 Å². The van der Waals surface area contributed by atoms with E-state index in [0.717, 1.165) is 37.2 Å². The van der Waals surface area contributed by atoms with Gasteiger partial charge in [-0.1, -0.05) is 60.7 Å². The Morgan fingerprint density at radius 1 is 1.03 bits per heavy atom. The Morgan fingerprint density at radius 3 is 2.31 bits per heavy atom. The van der Waals surface area contributed by atoms with E-state index in [0.29, 0.717) is 6.04 Å². The van der Waals surface area contributed by atoms with Gasteiger partial charge in [-0.15, -0.1) is 0 Å². The molecule has 3 aromatic rings. The van der Waals surface area contributed by atoms with Gasteiger partial charge in [0.25, 0.3) is 0 Å². The molecule has 2 heterocycles. The number of imidazole rings is 1. The number of carbonyl (C=O) groups excluding carboxylic acids is 1. The zero-order valence-electron chi connectivity index (χ0n) is 17.1. The van der Waals surface area contributed by atoms with E-state index in [4.69, 9.17) is 0 Å². The molecule has 1 aliphatic heterocycles. The molecule has 5 nitrogen and oxygen atoms in total. The first-order chi connectivity index (χ1) is 14.1. The lowest BCUT2D eigenvalue weighted by atomic mass is 9.99. The molecule has 2 aromatic carbocycles. The summed E-state index contributed by atoms with van der Waals surface area (Å²) < 4.78 is 1.60. The van der Waals surface area contributed by atoms with Gasteiger partial charge in [-0.3, -0.25) is 9.47 Å². The second-order valence-electron chi connectivity index (χ2n) is 7.78. The van der Waals surface area contributed by atoms with Crippen LogP contribution in [-0.2, 0) is 0 Å². The smallest absolute Gasteiger partial charge is 0.324 e. The minimum Gasteiger partial charge on any atom is -0.324 e. The Bertz CT molecular complexity index is 930. The lowest BCUT2D eigenvalue weighted by Gasteiger charge is -2.39. The van der Waals surface area contributed by atoms with Gasteiger partial charge >= 0.3 is 6.03 Å². The second kappa shape index (κ2) is 8.62. The Morgan fingerprint density at radius 2 is 1.66 bits per heavy atom. The minimum absolute atomic E-state index is 0.0192. The van der Waals surface area contributed by atoms with E-state index in [1.54, 1.807) is 10.9 Å². The zero-order valence-corrected chi connectivity index (χ0v) is 17.1. The molecule has 1 atom stereocenters. The molecule has 4 rings (SSSR count). The molecule has 1 aliphatic rings. The molecule has 1 unspecified atom stereocenters. The van der Waals surface area contributed by atoms with Crippen LogP contribution in [-0.4, -0.2) is 51.6 Å². The van der Waals surface area contributed by atoms with Crippen LogP contribution < -0.4 is 0 Å². The summed E-state index contributed by atoms with van der Waals surface area (Å²) in [6.45, 7) is 4.26. The van der Waals surface area contributed by atoms with Crippen LogP contribution >= 0.6 is 0 Å². The highest BCUT2D eigenvalue weighted by atomic mass is 16.2. The molecule has 150 valence electrons. The molecular weight excluding hydrogens is 360 g/mol.